The Balaban J connectivity index is 1.96. The van der Waals surface area contributed by atoms with Crippen LogP contribution in [-0.4, -0.2) is 13.1 Å². The second kappa shape index (κ2) is 6.70. The molecule has 0 amide bonds. The van der Waals surface area contributed by atoms with Crippen molar-refractivity contribution in [2.75, 3.05) is 13.1 Å². The summed E-state index contributed by atoms with van der Waals surface area (Å²) in [7, 11) is 0. The van der Waals surface area contributed by atoms with Gasteiger partial charge in [0.25, 0.3) is 0 Å². The summed E-state index contributed by atoms with van der Waals surface area (Å²) < 4.78 is 1.10. The lowest BCUT2D eigenvalue weighted by atomic mass is 9.77. The summed E-state index contributed by atoms with van der Waals surface area (Å²) in [6.07, 6.45) is 1.12. The van der Waals surface area contributed by atoms with Crippen LogP contribution in [0.1, 0.15) is 29.4 Å². The first kappa shape index (κ1) is 15.4. The summed E-state index contributed by atoms with van der Waals surface area (Å²) in [5.74, 6) is 0.938. The molecule has 1 nitrogen and oxygen atoms in total. The van der Waals surface area contributed by atoms with Crippen LogP contribution in [-0.2, 0) is 0 Å². The van der Waals surface area contributed by atoms with E-state index < -0.39 is 0 Å². The van der Waals surface area contributed by atoms with Crippen LogP contribution in [0.3, 0.4) is 0 Å². The third kappa shape index (κ3) is 3.45. The van der Waals surface area contributed by atoms with E-state index >= 15 is 0 Å². The highest BCUT2D eigenvalue weighted by Gasteiger charge is 2.29. The van der Waals surface area contributed by atoms with Gasteiger partial charge in [-0.3, -0.25) is 0 Å². The van der Waals surface area contributed by atoms with Crippen LogP contribution in [0.5, 0.6) is 0 Å². The smallest absolute Gasteiger partial charge is 0.0417 e. The minimum atomic E-state index is 0.452. The normalized spacial score (nSPS) is 22.2. The Morgan fingerprint density at radius 2 is 1.67 bits per heavy atom. The lowest BCUT2D eigenvalue weighted by Gasteiger charge is -2.33. The number of rotatable bonds is 2. The molecule has 1 fully saturated rings. The molecule has 0 aromatic heterocycles. The van der Waals surface area contributed by atoms with Gasteiger partial charge in [-0.15, -0.1) is 0 Å². The summed E-state index contributed by atoms with van der Waals surface area (Å²) in [5, 5.41) is 5.05. The first-order chi connectivity index (χ1) is 10.1. The topological polar surface area (TPSA) is 12.0 Å². The van der Waals surface area contributed by atoms with Gasteiger partial charge in [-0.25, -0.2) is 0 Å². The SMILES string of the molecule is Clc1ccc(C2CNCCC2c2ccc(Cl)cc2Br)cc1. The highest BCUT2D eigenvalue weighted by Crippen LogP contribution is 2.41. The second-order valence-corrected chi connectivity index (χ2v) is 7.15. The summed E-state index contributed by atoms with van der Waals surface area (Å²) >= 11 is 15.7. The molecule has 110 valence electrons. The largest absolute Gasteiger partial charge is 0.316 e. The lowest BCUT2D eigenvalue weighted by molar-refractivity contribution is 0.403. The monoisotopic (exact) mass is 383 g/mol. The maximum Gasteiger partial charge on any atom is 0.0417 e. The maximum absolute atomic E-state index is 6.07. The van der Waals surface area contributed by atoms with E-state index in [-0.39, 0.29) is 0 Å². The van der Waals surface area contributed by atoms with E-state index in [1.165, 1.54) is 11.1 Å². The first-order valence-electron chi connectivity index (χ1n) is 7.06. The van der Waals surface area contributed by atoms with Crippen LogP contribution in [0.2, 0.25) is 10.0 Å². The van der Waals surface area contributed by atoms with Gasteiger partial charge in [0.2, 0.25) is 0 Å². The van der Waals surface area contributed by atoms with Crippen LogP contribution in [0.15, 0.2) is 46.9 Å². The van der Waals surface area contributed by atoms with E-state index in [1.54, 1.807) is 0 Å². The summed E-state index contributed by atoms with van der Waals surface area (Å²) in [5.41, 5.74) is 2.67. The number of nitrogens with one attached hydrogen (secondary N) is 1. The van der Waals surface area contributed by atoms with Crippen molar-refractivity contribution < 1.29 is 0 Å². The Bertz CT molecular complexity index is 627. The second-order valence-electron chi connectivity index (χ2n) is 5.42. The van der Waals surface area contributed by atoms with Crippen molar-refractivity contribution in [3.05, 3.63) is 68.1 Å². The van der Waals surface area contributed by atoms with Crippen molar-refractivity contribution in [3.8, 4) is 0 Å². The Labute approximate surface area is 143 Å². The van der Waals surface area contributed by atoms with Crippen molar-refractivity contribution in [1.29, 1.82) is 0 Å². The fraction of sp³-hybridized carbons (Fsp3) is 0.294. The van der Waals surface area contributed by atoms with Gasteiger partial charge in [-0.05, 0) is 54.3 Å². The van der Waals surface area contributed by atoms with Crippen molar-refractivity contribution in [2.24, 2.45) is 0 Å². The number of hydrogen-bond acceptors (Lipinski definition) is 1. The van der Waals surface area contributed by atoms with Gasteiger partial charge in [0.15, 0.2) is 0 Å². The zero-order valence-corrected chi connectivity index (χ0v) is 14.5. The fourth-order valence-corrected chi connectivity index (χ4v) is 4.20. The average Bonchev–Trinajstić information content (AvgIpc) is 2.48. The van der Waals surface area contributed by atoms with E-state index in [0.29, 0.717) is 11.8 Å². The van der Waals surface area contributed by atoms with E-state index in [1.807, 2.05) is 24.3 Å². The molecular formula is C17H16BrCl2N. The van der Waals surface area contributed by atoms with Crippen LogP contribution in [0.25, 0.3) is 0 Å². The molecule has 3 rings (SSSR count). The molecule has 1 saturated heterocycles. The van der Waals surface area contributed by atoms with E-state index in [4.69, 9.17) is 23.2 Å². The Hall–Kier alpha value is -0.540. The molecule has 1 N–H and O–H groups in total. The van der Waals surface area contributed by atoms with E-state index in [2.05, 4.69) is 39.4 Å². The van der Waals surface area contributed by atoms with E-state index in [9.17, 15) is 0 Å². The molecule has 1 aliphatic rings. The molecule has 1 heterocycles. The minimum absolute atomic E-state index is 0.452. The minimum Gasteiger partial charge on any atom is -0.316 e. The summed E-state index contributed by atoms with van der Waals surface area (Å²) in [4.78, 5) is 0. The maximum atomic E-state index is 6.07. The zero-order chi connectivity index (χ0) is 14.8. The average molecular weight is 385 g/mol. The van der Waals surface area contributed by atoms with Crippen LogP contribution in [0.4, 0.5) is 0 Å². The van der Waals surface area contributed by atoms with Gasteiger partial charge in [0.1, 0.15) is 0 Å². The van der Waals surface area contributed by atoms with Gasteiger partial charge in [-0.1, -0.05) is 57.3 Å². The summed E-state index contributed by atoms with van der Waals surface area (Å²) in [6, 6.07) is 14.3. The molecule has 0 bridgehead atoms. The number of piperidine rings is 1. The van der Waals surface area contributed by atoms with Crippen molar-refractivity contribution in [1.82, 2.24) is 5.32 Å². The summed E-state index contributed by atoms with van der Waals surface area (Å²) in [6.45, 7) is 2.03. The molecule has 2 aromatic carbocycles. The molecule has 0 saturated carbocycles. The number of halogens is 3. The molecule has 1 aliphatic heterocycles. The van der Waals surface area contributed by atoms with Crippen molar-refractivity contribution >= 4 is 39.1 Å². The molecule has 2 aromatic rings. The van der Waals surface area contributed by atoms with Crippen LogP contribution < -0.4 is 5.32 Å². The highest BCUT2D eigenvalue weighted by molar-refractivity contribution is 9.10. The van der Waals surface area contributed by atoms with Gasteiger partial charge >= 0.3 is 0 Å². The van der Waals surface area contributed by atoms with Gasteiger partial charge in [-0.2, -0.15) is 0 Å². The molecular weight excluding hydrogens is 369 g/mol. The molecule has 2 atom stereocenters. The third-order valence-corrected chi connectivity index (χ3v) is 5.32. The zero-order valence-electron chi connectivity index (χ0n) is 11.5. The standard InChI is InChI=1S/C17H16BrCl2N/c18-17-9-13(20)5-6-15(17)14-7-8-21-10-16(14)11-1-3-12(19)4-2-11/h1-6,9,14,16,21H,7-8,10H2. The fourth-order valence-electron chi connectivity index (χ4n) is 3.09. The molecule has 4 heteroatoms. The molecule has 21 heavy (non-hydrogen) atoms. The van der Waals surface area contributed by atoms with Gasteiger partial charge < -0.3 is 5.32 Å². The highest BCUT2D eigenvalue weighted by atomic mass is 79.9. The van der Waals surface area contributed by atoms with Crippen molar-refractivity contribution in [2.45, 2.75) is 18.3 Å². The molecule has 2 unspecified atom stereocenters. The van der Waals surface area contributed by atoms with E-state index in [0.717, 1.165) is 34.0 Å². The first-order valence-corrected chi connectivity index (χ1v) is 8.61. The molecule has 0 aliphatic carbocycles. The van der Waals surface area contributed by atoms with Crippen molar-refractivity contribution in [3.63, 3.8) is 0 Å². The predicted molar refractivity (Wildman–Crippen MR) is 93.6 cm³/mol. The van der Waals surface area contributed by atoms with Gasteiger partial charge in [0, 0.05) is 27.0 Å². The Morgan fingerprint density at radius 1 is 0.952 bits per heavy atom. The predicted octanol–water partition coefficient (Wildman–Crippen LogP) is 5.62. The lowest BCUT2D eigenvalue weighted by Crippen LogP contribution is -2.34. The van der Waals surface area contributed by atoms with Crippen LogP contribution >= 0.6 is 39.1 Å². The van der Waals surface area contributed by atoms with Gasteiger partial charge in [0.05, 0.1) is 0 Å². The Morgan fingerprint density at radius 3 is 2.38 bits per heavy atom. The number of benzene rings is 2. The number of hydrogen-bond donors (Lipinski definition) is 1. The molecule has 0 radical (unpaired) electrons. The quantitative estimate of drug-likeness (QED) is 0.708. The van der Waals surface area contributed by atoms with Crippen LogP contribution in [0, 0.1) is 0 Å². The Kier molecular flexibility index (Phi) is 4.90. The molecule has 0 spiro atoms. The third-order valence-electron chi connectivity index (χ3n) is 4.14.